The molecule has 0 saturated carbocycles. The zero-order chi connectivity index (χ0) is 14.9. The van der Waals surface area contributed by atoms with Crippen LogP contribution in [0.3, 0.4) is 0 Å². The van der Waals surface area contributed by atoms with Gasteiger partial charge in [-0.25, -0.2) is 0 Å². The van der Waals surface area contributed by atoms with E-state index in [1.807, 2.05) is 30.3 Å². The van der Waals surface area contributed by atoms with Crippen molar-refractivity contribution >= 4 is 11.0 Å². The van der Waals surface area contributed by atoms with Crippen LogP contribution < -0.4 is 0 Å². The minimum Gasteiger partial charge on any atom is -0.458 e. The predicted octanol–water partition coefficient (Wildman–Crippen LogP) is 3.11. The average Bonchev–Trinajstić information content (AvgIpc) is 3.26. The van der Waals surface area contributed by atoms with Gasteiger partial charge >= 0.3 is 0 Å². The first kappa shape index (κ1) is 14.2. The fourth-order valence-electron chi connectivity index (χ4n) is 3.88. The van der Waals surface area contributed by atoms with Gasteiger partial charge in [0.1, 0.15) is 17.4 Å². The molecule has 3 atom stereocenters. The molecular weight excluding hydrogens is 278 g/mol. The largest absolute Gasteiger partial charge is 0.458 e. The minimum absolute atomic E-state index is 0.352. The van der Waals surface area contributed by atoms with Crippen LogP contribution in [-0.2, 0) is 4.74 Å². The number of nitrogens with zero attached hydrogens (tertiary/aromatic N) is 1. The van der Waals surface area contributed by atoms with Crippen molar-refractivity contribution in [1.29, 1.82) is 0 Å². The van der Waals surface area contributed by atoms with E-state index in [9.17, 15) is 5.11 Å². The molecule has 0 aliphatic carbocycles. The van der Waals surface area contributed by atoms with E-state index < -0.39 is 6.10 Å². The number of hydrogen-bond acceptors (Lipinski definition) is 4. The fraction of sp³-hybridized carbons (Fsp3) is 0.556. The summed E-state index contributed by atoms with van der Waals surface area (Å²) in [5, 5.41) is 11.6. The molecule has 0 amide bonds. The van der Waals surface area contributed by atoms with E-state index in [2.05, 4.69) is 4.90 Å². The topological polar surface area (TPSA) is 45.8 Å². The summed E-state index contributed by atoms with van der Waals surface area (Å²) in [5.74, 6) is 0.666. The van der Waals surface area contributed by atoms with Crippen LogP contribution in [0.5, 0.6) is 0 Å². The molecule has 2 saturated heterocycles. The molecule has 0 radical (unpaired) electrons. The van der Waals surface area contributed by atoms with E-state index in [4.69, 9.17) is 9.15 Å². The smallest absolute Gasteiger partial charge is 0.135 e. The molecule has 2 fully saturated rings. The molecular formula is C18H23NO3. The zero-order valence-corrected chi connectivity index (χ0v) is 12.8. The molecule has 0 bridgehead atoms. The summed E-state index contributed by atoms with van der Waals surface area (Å²) in [7, 11) is 0. The van der Waals surface area contributed by atoms with Gasteiger partial charge in [-0.05, 0) is 44.4 Å². The van der Waals surface area contributed by atoms with E-state index >= 15 is 0 Å². The summed E-state index contributed by atoms with van der Waals surface area (Å²) in [4.78, 5) is 2.38. The summed E-state index contributed by atoms with van der Waals surface area (Å²) in [5.41, 5.74) is 0.841. The third-order valence-corrected chi connectivity index (χ3v) is 4.99. The maximum atomic E-state index is 10.6. The number of furan rings is 1. The standard InChI is InChI=1S/C18H23NO3/c20-15(18-11-13-5-1-2-7-16(13)22-18)12-19-9-3-6-14(19)17-8-4-10-21-17/h1-2,5,7,11,14-15,17,20H,3-4,6,8-10,12H2. The van der Waals surface area contributed by atoms with Gasteiger partial charge < -0.3 is 14.3 Å². The maximum absolute atomic E-state index is 10.6. The van der Waals surface area contributed by atoms with Gasteiger partial charge in [0, 0.05) is 24.6 Å². The Labute approximate surface area is 130 Å². The Balaban J connectivity index is 1.47. The Kier molecular flexibility index (Phi) is 3.90. The van der Waals surface area contributed by atoms with Gasteiger partial charge in [-0.3, -0.25) is 4.90 Å². The fourth-order valence-corrected chi connectivity index (χ4v) is 3.88. The maximum Gasteiger partial charge on any atom is 0.135 e. The van der Waals surface area contributed by atoms with E-state index in [-0.39, 0.29) is 0 Å². The number of aliphatic hydroxyl groups is 1. The Bertz CT molecular complexity index is 599. The average molecular weight is 301 g/mol. The van der Waals surface area contributed by atoms with Crippen molar-refractivity contribution in [3.8, 4) is 0 Å². The van der Waals surface area contributed by atoms with Crippen molar-refractivity contribution in [1.82, 2.24) is 4.90 Å². The van der Waals surface area contributed by atoms with Crippen LogP contribution in [0.25, 0.3) is 11.0 Å². The second-order valence-corrected chi connectivity index (χ2v) is 6.46. The first-order valence-corrected chi connectivity index (χ1v) is 8.33. The molecule has 118 valence electrons. The lowest BCUT2D eigenvalue weighted by molar-refractivity contribution is 0.0186. The number of rotatable bonds is 4. The highest BCUT2D eigenvalue weighted by Crippen LogP contribution is 2.30. The van der Waals surface area contributed by atoms with Gasteiger partial charge in [0.25, 0.3) is 0 Å². The summed E-state index contributed by atoms with van der Waals surface area (Å²) < 4.78 is 11.6. The van der Waals surface area contributed by atoms with Crippen molar-refractivity contribution in [2.24, 2.45) is 0 Å². The molecule has 3 heterocycles. The molecule has 4 heteroatoms. The third kappa shape index (κ3) is 2.67. The number of aliphatic hydroxyl groups excluding tert-OH is 1. The van der Waals surface area contributed by atoms with Crippen molar-refractivity contribution in [3.05, 3.63) is 36.1 Å². The van der Waals surface area contributed by atoms with Crippen LogP contribution in [-0.4, -0.2) is 41.8 Å². The Morgan fingerprint density at radius 1 is 1.23 bits per heavy atom. The summed E-state index contributed by atoms with van der Waals surface area (Å²) in [6.45, 7) is 2.56. The molecule has 4 nitrogen and oxygen atoms in total. The first-order chi connectivity index (χ1) is 10.8. The number of β-amino-alcohol motifs (C(OH)–C–C–N with tert-alkyl or cyclic N) is 1. The van der Waals surface area contributed by atoms with Crippen LogP contribution in [0.1, 0.15) is 37.5 Å². The summed E-state index contributed by atoms with van der Waals surface area (Å²) in [6, 6.07) is 10.3. The van der Waals surface area contributed by atoms with Crippen LogP contribution in [0.15, 0.2) is 34.7 Å². The van der Waals surface area contributed by atoms with Gasteiger partial charge in [0.2, 0.25) is 0 Å². The molecule has 1 aromatic heterocycles. The number of fused-ring (bicyclic) bond motifs is 1. The highest BCUT2D eigenvalue weighted by molar-refractivity contribution is 5.77. The number of ether oxygens (including phenoxy) is 1. The molecule has 0 spiro atoms. The highest BCUT2D eigenvalue weighted by Gasteiger charge is 2.35. The predicted molar refractivity (Wildman–Crippen MR) is 84.7 cm³/mol. The number of benzene rings is 1. The van der Waals surface area contributed by atoms with Crippen molar-refractivity contribution in [3.63, 3.8) is 0 Å². The Hall–Kier alpha value is -1.36. The molecule has 4 rings (SSSR count). The lowest BCUT2D eigenvalue weighted by Crippen LogP contribution is -2.40. The minimum atomic E-state index is -0.575. The van der Waals surface area contributed by atoms with Crippen LogP contribution in [0, 0.1) is 0 Å². The van der Waals surface area contributed by atoms with Crippen molar-refractivity contribution in [2.75, 3.05) is 19.7 Å². The molecule has 2 aliphatic heterocycles. The van der Waals surface area contributed by atoms with Gasteiger partial charge in [-0.1, -0.05) is 18.2 Å². The SMILES string of the molecule is OC(CN1CCCC1C1CCCO1)c1cc2ccccc2o1. The highest BCUT2D eigenvalue weighted by atomic mass is 16.5. The van der Waals surface area contributed by atoms with E-state index in [0.717, 1.165) is 30.5 Å². The third-order valence-electron chi connectivity index (χ3n) is 4.99. The first-order valence-electron chi connectivity index (χ1n) is 8.33. The van der Waals surface area contributed by atoms with Crippen LogP contribution in [0.2, 0.25) is 0 Å². The molecule has 1 aromatic carbocycles. The Morgan fingerprint density at radius 2 is 2.14 bits per heavy atom. The lowest BCUT2D eigenvalue weighted by atomic mass is 10.1. The van der Waals surface area contributed by atoms with E-state index in [0.29, 0.717) is 24.5 Å². The molecule has 2 aromatic rings. The zero-order valence-electron chi connectivity index (χ0n) is 12.8. The second-order valence-electron chi connectivity index (χ2n) is 6.46. The van der Waals surface area contributed by atoms with Gasteiger partial charge in [-0.15, -0.1) is 0 Å². The number of para-hydroxylation sites is 1. The quantitative estimate of drug-likeness (QED) is 0.942. The second kappa shape index (κ2) is 6.03. The normalized spacial score (nSPS) is 27.7. The van der Waals surface area contributed by atoms with E-state index in [1.165, 1.54) is 19.3 Å². The molecule has 2 aliphatic rings. The molecule has 1 N–H and O–H groups in total. The van der Waals surface area contributed by atoms with Gasteiger partial charge in [0.15, 0.2) is 0 Å². The van der Waals surface area contributed by atoms with Gasteiger partial charge in [0.05, 0.1) is 6.10 Å². The molecule has 22 heavy (non-hydrogen) atoms. The monoisotopic (exact) mass is 301 g/mol. The Morgan fingerprint density at radius 3 is 2.95 bits per heavy atom. The molecule has 3 unspecified atom stereocenters. The van der Waals surface area contributed by atoms with Crippen molar-refractivity contribution in [2.45, 2.75) is 43.9 Å². The lowest BCUT2D eigenvalue weighted by Gasteiger charge is -2.29. The van der Waals surface area contributed by atoms with Crippen LogP contribution in [0.4, 0.5) is 0 Å². The number of hydrogen-bond donors (Lipinski definition) is 1. The summed E-state index contributed by atoms with van der Waals surface area (Å²) in [6.07, 6.45) is 4.47. The number of likely N-dealkylation sites (tertiary alicyclic amines) is 1. The van der Waals surface area contributed by atoms with E-state index in [1.54, 1.807) is 0 Å². The van der Waals surface area contributed by atoms with Crippen LogP contribution >= 0.6 is 0 Å². The van der Waals surface area contributed by atoms with Crippen molar-refractivity contribution < 1.29 is 14.3 Å². The van der Waals surface area contributed by atoms with Gasteiger partial charge in [-0.2, -0.15) is 0 Å². The summed E-state index contributed by atoms with van der Waals surface area (Å²) >= 11 is 0.